The van der Waals surface area contributed by atoms with Crippen molar-refractivity contribution in [2.24, 2.45) is 0 Å². The van der Waals surface area contributed by atoms with Gasteiger partial charge in [0.2, 0.25) is 0 Å². The molecule has 3 aromatic carbocycles. The molecule has 1 aromatic heterocycles. The number of hydrogen-bond donors (Lipinski definition) is 0. The first kappa shape index (κ1) is 17.2. The molecule has 132 valence electrons. The van der Waals surface area contributed by atoms with Gasteiger partial charge in [0.15, 0.2) is 0 Å². The maximum Gasteiger partial charge on any atom is 0.116 e. The van der Waals surface area contributed by atoms with E-state index in [1.807, 2.05) is 6.07 Å². The van der Waals surface area contributed by atoms with Gasteiger partial charge in [-0.1, -0.05) is 85.8 Å². The molecule has 2 heteroatoms. The van der Waals surface area contributed by atoms with Gasteiger partial charge in [-0.15, -0.1) is 0 Å². The lowest BCUT2D eigenvalue weighted by Crippen LogP contribution is -1.97. The van der Waals surface area contributed by atoms with Crippen molar-refractivity contribution < 1.29 is 0 Å². The van der Waals surface area contributed by atoms with Crippen LogP contribution in [0.1, 0.15) is 18.1 Å². The molecule has 1 heterocycles. The largest absolute Gasteiger partial charge is 0.236 e. The first-order valence-electron chi connectivity index (χ1n) is 9.33. The quantitative estimate of drug-likeness (QED) is 0.429. The van der Waals surface area contributed by atoms with E-state index in [4.69, 9.17) is 4.98 Å². The summed E-state index contributed by atoms with van der Waals surface area (Å²) in [4.78, 5) is 9.38. The molecule has 0 atom stereocenters. The predicted molar refractivity (Wildman–Crippen MR) is 112 cm³/mol. The molecule has 0 amide bonds. The Labute approximate surface area is 160 Å². The van der Waals surface area contributed by atoms with Gasteiger partial charge in [0.25, 0.3) is 0 Å². The molecule has 0 aliphatic rings. The summed E-state index contributed by atoms with van der Waals surface area (Å²) in [5.41, 5.74) is 8.96. The number of aryl methyl sites for hydroxylation is 2. The molecule has 0 N–H and O–H groups in total. The van der Waals surface area contributed by atoms with E-state index in [1.165, 1.54) is 11.1 Å². The van der Waals surface area contributed by atoms with Gasteiger partial charge in [-0.2, -0.15) is 0 Å². The van der Waals surface area contributed by atoms with Crippen LogP contribution in [0.3, 0.4) is 0 Å². The van der Waals surface area contributed by atoms with Crippen LogP contribution in [0, 0.1) is 6.92 Å². The second-order valence-corrected chi connectivity index (χ2v) is 6.68. The van der Waals surface area contributed by atoms with Crippen LogP contribution in [-0.2, 0) is 6.42 Å². The van der Waals surface area contributed by atoms with Crippen molar-refractivity contribution in [3.8, 4) is 33.6 Å². The van der Waals surface area contributed by atoms with Gasteiger partial charge in [0.1, 0.15) is 6.33 Å². The van der Waals surface area contributed by atoms with Crippen molar-refractivity contribution in [3.05, 3.63) is 96.3 Å². The van der Waals surface area contributed by atoms with E-state index in [0.29, 0.717) is 0 Å². The maximum absolute atomic E-state index is 4.70. The highest BCUT2D eigenvalue weighted by atomic mass is 14.8. The molecule has 4 rings (SSSR count). The van der Waals surface area contributed by atoms with Crippen LogP contribution in [0.4, 0.5) is 0 Å². The van der Waals surface area contributed by atoms with E-state index in [1.54, 1.807) is 6.33 Å². The first-order chi connectivity index (χ1) is 13.3. The molecule has 0 aliphatic carbocycles. The van der Waals surface area contributed by atoms with Crippen LogP contribution in [0.5, 0.6) is 0 Å². The van der Waals surface area contributed by atoms with Crippen molar-refractivity contribution in [2.45, 2.75) is 20.3 Å². The number of aromatic nitrogens is 2. The summed E-state index contributed by atoms with van der Waals surface area (Å²) in [7, 11) is 0. The molecule has 4 aromatic rings. The molecular formula is C25H22N2. The van der Waals surface area contributed by atoms with Gasteiger partial charge in [-0.05, 0) is 30.0 Å². The molecule has 0 aliphatic heterocycles. The Morgan fingerprint density at radius 2 is 1.33 bits per heavy atom. The van der Waals surface area contributed by atoms with Gasteiger partial charge < -0.3 is 0 Å². The molecule has 0 radical (unpaired) electrons. The average Bonchev–Trinajstić information content (AvgIpc) is 2.74. The van der Waals surface area contributed by atoms with Crippen molar-refractivity contribution in [1.29, 1.82) is 0 Å². The minimum absolute atomic E-state index is 0.966. The van der Waals surface area contributed by atoms with Gasteiger partial charge in [-0.25, -0.2) is 9.97 Å². The maximum atomic E-state index is 4.70. The highest BCUT2D eigenvalue weighted by Crippen LogP contribution is 2.38. The topological polar surface area (TPSA) is 25.8 Å². The summed E-state index contributed by atoms with van der Waals surface area (Å²) in [5, 5.41) is 0. The summed E-state index contributed by atoms with van der Waals surface area (Å²) in [5.74, 6) is 0. The number of nitrogens with zero attached hydrogens (tertiary/aromatic N) is 2. The Morgan fingerprint density at radius 3 is 2.04 bits per heavy atom. The zero-order chi connectivity index (χ0) is 18.6. The van der Waals surface area contributed by atoms with E-state index in [0.717, 1.165) is 40.1 Å². The highest BCUT2D eigenvalue weighted by molar-refractivity contribution is 5.91. The lowest BCUT2D eigenvalue weighted by Gasteiger charge is -2.15. The zero-order valence-electron chi connectivity index (χ0n) is 15.7. The summed E-state index contributed by atoms with van der Waals surface area (Å²) in [6, 6.07) is 27.5. The Balaban J connectivity index is 2.01. The normalized spacial score (nSPS) is 10.7. The summed E-state index contributed by atoms with van der Waals surface area (Å²) >= 11 is 0. The van der Waals surface area contributed by atoms with E-state index in [2.05, 4.69) is 91.6 Å². The third-order valence-electron chi connectivity index (χ3n) is 4.95. The van der Waals surface area contributed by atoms with E-state index in [-0.39, 0.29) is 0 Å². The Bertz CT molecular complexity index is 1050. The monoisotopic (exact) mass is 350 g/mol. The van der Waals surface area contributed by atoms with Crippen molar-refractivity contribution in [3.63, 3.8) is 0 Å². The first-order valence-corrected chi connectivity index (χ1v) is 9.33. The summed E-state index contributed by atoms with van der Waals surface area (Å²) in [6.07, 6.45) is 2.70. The molecule has 0 saturated heterocycles. The van der Waals surface area contributed by atoms with Gasteiger partial charge in [0, 0.05) is 16.7 Å². The molecule has 0 unspecified atom stereocenters. The van der Waals surface area contributed by atoms with Gasteiger partial charge in [0.05, 0.1) is 11.4 Å². The summed E-state index contributed by atoms with van der Waals surface area (Å²) in [6.45, 7) is 4.30. The average molecular weight is 350 g/mol. The second kappa shape index (κ2) is 7.55. The molecule has 27 heavy (non-hydrogen) atoms. The van der Waals surface area contributed by atoms with Gasteiger partial charge >= 0.3 is 0 Å². The predicted octanol–water partition coefficient (Wildman–Crippen LogP) is 6.35. The van der Waals surface area contributed by atoms with E-state index < -0.39 is 0 Å². The molecule has 0 spiro atoms. The molecular weight excluding hydrogens is 328 g/mol. The Morgan fingerprint density at radius 1 is 0.667 bits per heavy atom. The Kier molecular flexibility index (Phi) is 4.80. The number of benzene rings is 3. The lowest BCUT2D eigenvalue weighted by molar-refractivity contribution is 1.14. The minimum Gasteiger partial charge on any atom is -0.236 e. The zero-order valence-corrected chi connectivity index (χ0v) is 15.7. The second-order valence-electron chi connectivity index (χ2n) is 6.68. The fourth-order valence-corrected chi connectivity index (χ4v) is 3.42. The van der Waals surface area contributed by atoms with Crippen LogP contribution in [0.2, 0.25) is 0 Å². The standard InChI is InChI=1S/C25H22N2/c1-3-19-13-15-20(16-14-19)23-24(21-10-5-4-6-11-21)26-17-27-25(23)22-12-8-7-9-18(22)2/h4-17H,3H2,1-2H3. The minimum atomic E-state index is 0.966. The Hall–Kier alpha value is -3.26. The lowest BCUT2D eigenvalue weighted by atomic mass is 9.92. The molecule has 0 fully saturated rings. The smallest absolute Gasteiger partial charge is 0.116 e. The van der Waals surface area contributed by atoms with Crippen LogP contribution >= 0.6 is 0 Å². The SMILES string of the molecule is CCc1ccc(-c2c(-c3ccccc3)ncnc2-c2ccccc2C)cc1. The third kappa shape index (κ3) is 3.39. The van der Waals surface area contributed by atoms with Crippen LogP contribution in [-0.4, -0.2) is 9.97 Å². The fourth-order valence-electron chi connectivity index (χ4n) is 3.42. The van der Waals surface area contributed by atoms with Crippen LogP contribution in [0.25, 0.3) is 33.6 Å². The van der Waals surface area contributed by atoms with Crippen molar-refractivity contribution >= 4 is 0 Å². The summed E-state index contributed by atoms with van der Waals surface area (Å²) < 4.78 is 0. The number of hydrogen-bond acceptors (Lipinski definition) is 2. The van der Waals surface area contributed by atoms with E-state index in [9.17, 15) is 0 Å². The molecule has 2 nitrogen and oxygen atoms in total. The van der Waals surface area contributed by atoms with Crippen molar-refractivity contribution in [1.82, 2.24) is 9.97 Å². The number of rotatable bonds is 4. The van der Waals surface area contributed by atoms with Crippen molar-refractivity contribution in [2.75, 3.05) is 0 Å². The highest BCUT2D eigenvalue weighted by Gasteiger charge is 2.17. The fraction of sp³-hybridized carbons (Fsp3) is 0.120. The molecule has 0 bridgehead atoms. The van der Waals surface area contributed by atoms with E-state index >= 15 is 0 Å². The van der Waals surface area contributed by atoms with Gasteiger partial charge in [-0.3, -0.25) is 0 Å². The van der Waals surface area contributed by atoms with Crippen LogP contribution in [0.15, 0.2) is 85.2 Å². The van der Waals surface area contributed by atoms with Crippen LogP contribution < -0.4 is 0 Å². The third-order valence-corrected chi connectivity index (χ3v) is 4.95. The molecule has 0 saturated carbocycles.